The number of rotatable bonds is 1. The molecule has 0 heterocycles. The molecule has 0 amide bonds. The Morgan fingerprint density at radius 3 is 2.35 bits per heavy atom. The lowest BCUT2D eigenvalue weighted by Gasteiger charge is -2.60. The van der Waals surface area contributed by atoms with E-state index in [0.29, 0.717) is 17.1 Å². The minimum Gasteiger partial charge on any atom is -0.393 e. The monoisotopic (exact) mass is 318 g/mol. The van der Waals surface area contributed by atoms with Gasteiger partial charge in [0.15, 0.2) is 0 Å². The van der Waals surface area contributed by atoms with Crippen molar-refractivity contribution in [2.24, 2.45) is 40.4 Å². The number of aliphatic hydroxyl groups is 1. The first-order valence-corrected chi connectivity index (χ1v) is 10.0. The first-order valence-electron chi connectivity index (χ1n) is 10.0. The molecular formula is C21H34O2. The molecule has 0 saturated heterocycles. The van der Waals surface area contributed by atoms with Gasteiger partial charge in [0.25, 0.3) is 0 Å². The zero-order chi connectivity index (χ0) is 16.4. The Morgan fingerprint density at radius 1 is 0.913 bits per heavy atom. The maximum Gasteiger partial charge on any atom is 0.133 e. The second-order valence-electron chi connectivity index (χ2n) is 9.87. The van der Waals surface area contributed by atoms with Gasteiger partial charge in [-0.05, 0) is 99.2 Å². The highest BCUT2D eigenvalue weighted by atomic mass is 16.3. The Hall–Kier alpha value is -0.370. The molecule has 130 valence electrons. The van der Waals surface area contributed by atoms with E-state index in [2.05, 4.69) is 13.8 Å². The van der Waals surface area contributed by atoms with Gasteiger partial charge in [-0.2, -0.15) is 0 Å². The zero-order valence-corrected chi connectivity index (χ0v) is 15.2. The molecule has 0 radical (unpaired) electrons. The molecule has 1 N–H and O–H groups in total. The molecular weight excluding hydrogens is 284 g/mol. The highest BCUT2D eigenvalue weighted by Gasteiger charge is 2.60. The number of fused-ring (bicyclic) bond motifs is 5. The number of carbonyl (C=O) groups excluding carboxylic acids is 1. The van der Waals surface area contributed by atoms with Crippen LogP contribution in [0.3, 0.4) is 0 Å². The summed E-state index contributed by atoms with van der Waals surface area (Å²) in [6.45, 7) is 6.80. The first kappa shape index (κ1) is 16.1. The normalized spacial score (nSPS) is 55.7. The van der Waals surface area contributed by atoms with Crippen LogP contribution in [-0.4, -0.2) is 17.0 Å². The number of ketones is 1. The fraction of sp³-hybridized carbons (Fsp3) is 0.952. The largest absolute Gasteiger partial charge is 0.393 e. The summed E-state index contributed by atoms with van der Waals surface area (Å²) >= 11 is 0. The highest BCUT2D eigenvalue weighted by molar-refractivity contribution is 5.79. The summed E-state index contributed by atoms with van der Waals surface area (Å²) in [7, 11) is 0. The lowest BCUT2D eigenvalue weighted by molar-refractivity contribution is -0.138. The van der Waals surface area contributed by atoms with Crippen molar-refractivity contribution in [3.8, 4) is 0 Å². The summed E-state index contributed by atoms with van der Waals surface area (Å²) < 4.78 is 0. The summed E-state index contributed by atoms with van der Waals surface area (Å²) in [5.74, 6) is 3.97. The predicted octanol–water partition coefficient (Wildman–Crippen LogP) is 4.60. The van der Waals surface area contributed by atoms with Crippen LogP contribution in [0, 0.1) is 40.4 Å². The van der Waals surface area contributed by atoms with E-state index in [1.54, 1.807) is 0 Å². The number of hydrogen-bond acceptors (Lipinski definition) is 2. The first-order chi connectivity index (χ1) is 10.9. The van der Waals surface area contributed by atoms with E-state index in [1.165, 1.54) is 38.5 Å². The molecule has 0 aromatic rings. The Morgan fingerprint density at radius 2 is 1.61 bits per heavy atom. The molecule has 4 fully saturated rings. The standard InChI is InChI=1S/C21H34O2/c1-13(22)17-6-7-18-16-5-4-14-12-15(23)8-10-20(14,2)19(16)9-11-21(17,18)3/h14-19,23H,4-12H2,1-3H3/t14-,15-,16-,17-,18-,19-,20+,21-/m0/s1. The van der Waals surface area contributed by atoms with Crippen molar-refractivity contribution in [3.05, 3.63) is 0 Å². The summed E-state index contributed by atoms with van der Waals surface area (Å²) in [4.78, 5) is 12.2. The van der Waals surface area contributed by atoms with Gasteiger partial charge in [-0.25, -0.2) is 0 Å². The fourth-order valence-corrected chi connectivity index (χ4v) is 7.90. The molecule has 0 aromatic carbocycles. The van der Waals surface area contributed by atoms with Gasteiger partial charge in [0.05, 0.1) is 6.10 Å². The van der Waals surface area contributed by atoms with E-state index in [-0.39, 0.29) is 11.5 Å². The van der Waals surface area contributed by atoms with E-state index in [9.17, 15) is 9.90 Å². The third-order valence-corrected chi connectivity index (χ3v) is 9.13. The number of hydrogen-bond donors (Lipinski definition) is 1. The van der Waals surface area contributed by atoms with Crippen LogP contribution in [0.25, 0.3) is 0 Å². The van der Waals surface area contributed by atoms with Gasteiger partial charge in [0.2, 0.25) is 0 Å². The van der Waals surface area contributed by atoms with Crippen LogP contribution in [0.2, 0.25) is 0 Å². The van der Waals surface area contributed by atoms with Crippen LogP contribution in [0.4, 0.5) is 0 Å². The summed E-state index contributed by atoms with van der Waals surface area (Å²) in [6, 6.07) is 0. The minimum atomic E-state index is -0.0490. The van der Waals surface area contributed by atoms with Gasteiger partial charge in [-0.3, -0.25) is 4.79 Å². The van der Waals surface area contributed by atoms with Gasteiger partial charge in [-0.15, -0.1) is 0 Å². The predicted molar refractivity (Wildman–Crippen MR) is 91.9 cm³/mol. The third kappa shape index (κ3) is 2.19. The van der Waals surface area contributed by atoms with E-state index < -0.39 is 0 Å². The fourth-order valence-electron chi connectivity index (χ4n) is 7.90. The van der Waals surface area contributed by atoms with E-state index in [4.69, 9.17) is 0 Å². The van der Waals surface area contributed by atoms with Crippen molar-refractivity contribution in [1.82, 2.24) is 0 Å². The average Bonchev–Trinajstić information content (AvgIpc) is 2.85. The second-order valence-corrected chi connectivity index (χ2v) is 9.87. The highest BCUT2D eigenvalue weighted by Crippen LogP contribution is 2.67. The van der Waals surface area contributed by atoms with Gasteiger partial charge in [0.1, 0.15) is 5.78 Å². The molecule has 23 heavy (non-hydrogen) atoms. The lowest BCUT2D eigenvalue weighted by Crippen LogP contribution is -2.54. The maximum atomic E-state index is 12.2. The van der Waals surface area contributed by atoms with Crippen LogP contribution in [-0.2, 0) is 4.79 Å². The second kappa shape index (κ2) is 5.31. The van der Waals surface area contributed by atoms with Crippen molar-refractivity contribution in [3.63, 3.8) is 0 Å². The third-order valence-electron chi connectivity index (χ3n) is 9.13. The molecule has 0 spiro atoms. The minimum absolute atomic E-state index is 0.0490. The Bertz CT molecular complexity index is 500. The van der Waals surface area contributed by atoms with Crippen LogP contribution in [0.1, 0.15) is 78.6 Å². The maximum absolute atomic E-state index is 12.2. The number of Topliss-reactive ketones (excluding diaryl/α,β-unsaturated/α-hetero) is 1. The van der Waals surface area contributed by atoms with Crippen LogP contribution in [0.15, 0.2) is 0 Å². The molecule has 4 aliphatic carbocycles. The lowest BCUT2D eigenvalue weighted by atomic mass is 9.44. The molecule has 0 aliphatic heterocycles. The molecule has 0 unspecified atom stereocenters. The molecule has 0 aromatic heterocycles. The zero-order valence-electron chi connectivity index (χ0n) is 15.2. The molecule has 2 nitrogen and oxygen atoms in total. The smallest absolute Gasteiger partial charge is 0.133 e. The quantitative estimate of drug-likeness (QED) is 0.767. The Balaban J connectivity index is 1.61. The van der Waals surface area contributed by atoms with Crippen LogP contribution in [0.5, 0.6) is 0 Å². The summed E-state index contributed by atoms with van der Waals surface area (Å²) in [6.07, 6.45) is 10.9. The van der Waals surface area contributed by atoms with Crippen molar-refractivity contribution in [2.75, 3.05) is 0 Å². The van der Waals surface area contributed by atoms with Crippen LogP contribution >= 0.6 is 0 Å². The SMILES string of the molecule is CC(=O)[C@@H]1CC[C@H]2[C@@H]3CC[C@H]4C[C@@H](O)CC[C@@]4(C)[C@H]3CC[C@@]12C. The van der Waals surface area contributed by atoms with E-state index in [1.807, 2.05) is 6.92 Å². The van der Waals surface area contributed by atoms with E-state index >= 15 is 0 Å². The molecule has 0 bridgehead atoms. The molecule has 4 rings (SSSR count). The van der Waals surface area contributed by atoms with Gasteiger partial charge >= 0.3 is 0 Å². The Labute approximate surface area is 141 Å². The number of carbonyl (C=O) groups is 1. The van der Waals surface area contributed by atoms with Crippen molar-refractivity contribution < 1.29 is 9.90 Å². The molecule has 4 saturated carbocycles. The van der Waals surface area contributed by atoms with Gasteiger partial charge in [-0.1, -0.05) is 13.8 Å². The van der Waals surface area contributed by atoms with Crippen molar-refractivity contribution in [2.45, 2.75) is 84.7 Å². The van der Waals surface area contributed by atoms with E-state index in [0.717, 1.165) is 42.9 Å². The van der Waals surface area contributed by atoms with Gasteiger partial charge < -0.3 is 5.11 Å². The van der Waals surface area contributed by atoms with Crippen LogP contribution < -0.4 is 0 Å². The topological polar surface area (TPSA) is 37.3 Å². The van der Waals surface area contributed by atoms with Gasteiger partial charge in [0, 0.05) is 5.92 Å². The van der Waals surface area contributed by atoms with Crippen molar-refractivity contribution >= 4 is 5.78 Å². The Kier molecular flexibility index (Phi) is 3.72. The molecule has 4 aliphatic rings. The van der Waals surface area contributed by atoms with Crippen molar-refractivity contribution in [1.29, 1.82) is 0 Å². The summed E-state index contributed by atoms with van der Waals surface area (Å²) in [5, 5.41) is 10.1. The summed E-state index contributed by atoms with van der Waals surface area (Å²) in [5.41, 5.74) is 0.738. The average molecular weight is 319 g/mol. The molecule has 2 heteroatoms. The number of aliphatic hydroxyl groups excluding tert-OH is 1. The molecule has 8 atom stereocenters.